The van der Waals surface area contributed by atoms with Crippen LogP contribution in [0, 0.1) is 0 Å². The predicted octanol–water partition coefficient (Wildman–Crippen LogP) is 4.23. The highest BCUT2D eigenvalue weighted by Crippen LogP contribution is 2.22. The fourth-order valence-corrected chi connectivity index (χ4v) is 2.23. The Kier molecular flexibility index (Phi) is 5.42. The summed E-state index contributed by atoms with van der Waals surface area (Å²) in [7, 11) is 0. The van der Waals surface area contributed by atoms with Crippen LogP contribution >= 0.6 is 0 Å². The van der Waals surface area contributed by atoms with Crippen LogP contribution in [0.25, 0.3) is 5.57 Å². The average molecular weight is 270 g/mol. The Bertz CT molecular complexity index is 544. The highest BCUT2D eigenvalue weighted by molar-refractivity contribution is 5.66. The molecule has 0 aliphatic carbocycles. The molecule has 0 amide bonds. The van der Waals surface area contributed by atoms with E-state index < -0.39 is 0 Å². The molecule has 1 aromatic carbocycles. The molecule has 1 heterocycles. The number of aromatic nitrogens is 2. The van der Waals surface area contributed by atoms with Crippen LogP contribution in [0.15, 0.2) is 42.9 Å². The summed E-state index contributed by atoms with van der Waals surface area (Å²) < 4.78 is 5.82. The van der Waals surface area contributed by atoms with Crippen LogP contribution in [0.1, 0.15) is 37.9 Å². The Labute approximate surface area is 120 Å². The monoisotopic (exact) mass is 270 g/mol. The maximum absolute atomic E-state index is 5.82. The van der Waals surface area contributed by atoms with E-state index in [1.165, 1.54) is 11.1 Å². The van der Waals surface area contributed by atoms with Crippen LogP contribution in [0.4, 0.5) is 0 Å². The quantitative estimate of drug-likeness (QED) is 0.764. The van der Waals surface area contributed by atoms with Gasteiger partial charge in [-0.05, 0) is 49.5 Å². The summed E-state index contributed by atoms with van der Waals surface area (Å²) in [4.78, 5) is 7.11. The Morgan fingerprint density at radius 3 is 3.00 bits per heavy atom. The lowest BCUT2D eigenvalue weighted by molar-refractivity contribution is 0.310. The predicted molar refractivity (Wildman–Crippen MR) is 82.8 cm³/mol. The molecule has 0 atom stereocenters. The molecule has 0 aliphatic rings. The van der Waals surface area contributed by atoms with E-state index in [1.807, 2.05) is 12.3 Å². The first-order valence-electron chi connectivity index (χ1n) is 7.19. The summed E-state index contributed by atoms with van der Waals surface area (Å²) in [6.45, 7) is 4.98. The van der Waals surface area contributed by atoms with Gasteiger partial charge in [-0.25, -0.2) is 4.98 Å². The van der Waals surface area contributed by atoms with E-state index in [9.17, 15) is 0 Å². The summed E-state index contributed by atoms with van der Waals surface area (Å²) in [6.07, 6.45) is 8.73. The number of hydrogen-bond acceptors (Lipinski definition) is 2. The molecule has 0 fully saturated rings. The highest BCUT2D eigenvalue weighted by Gasteiger charge is 2.01. The number of aryl methyl sites for hydroxylation is 1. The second kappa shape index (κ2) is 7.53. The Morgan fingerprint density at radius 1 is 1.40 bits per heavy atom. The zero-order valence-corrected chi connectivity index (χ0v) is 12.2. The molecule has 0 saturated heterocycles. The number of rotatable bonds is 7. The topological polar surface area (TPSA) is 37.9 Å². The third-order valence-corrected chi connectivity index (χ3v) is 3.35. The lowest BCUT2D eigenvalue weighted by Gasteiger charge is -2.09. The van der Waals surface area contributed by atoms with Crippen LogP contribution in [-0.4, -0.2) is 16.6 Å². The summed E-state index contributed by atoms with van der Waals surface area (Å²) in [5.41, 5.74) is 3.76. The molecule has 1 aromatic heterocycles. The molecule has 20 heavy (non-hydrogen) atoms. The molecule has 3 nitrogen and oxygen atoms in total. The maximum Gasteiger partial charge on any atom is 0.119 e. The Hall–Kier alpha value is -2.03. The van der Waals surface area contributed by atoms with Crippen molar-refractivity contribution in [2.45, 2.75) is 33.1 Å². The second-order valence-electron chi connectivity index (χ2n) is 4.72. The summed E-state index contributed by atoms with van der Waals surface area (Å²) in [5.74, 6) is 0.944. The smallest absolute Gasteiger partial charge is 0.119 e. The molecule has 106 valence electrons. The maximum atomic E-state index is 5.82. The van der Waals surface area contributed by atoms with Crippen LogP contribution in [0.5, 0.6) is 5.75 Å². The molecule has 0 saturated carbocycles. The minimum atomic E-state index is 0.722. The zero-order valence-electron chi connectivity index (χ0n) is 12.2. The molecule has 0 unspecified atom stereocenters. The van der Waals surface area contributed by atoms with E-state index in [-0.39, 0.29) is 0 Å². The Balaban J connectivity index is 1.85. The number of hydrogen-bond donors (Lipinski definition) is 1. The lowest BCUT2D eigenvalue weighted by atomic mass is 10.0. The van der Waals surface area contributed by atoms with Crippen LogP contribution in [0.2, 0.25) is 0 Å². The van der Waals surface area contributed by atoms with Gasteiger partial charge in [0.15, 0.2) is 0 Å². The number of nitrogens with zero attached hydrogens (tertiary/aromatic N) is 1. The molecule has 1 N–H and O–H groups in total. The van der Waals surface area contributed by atoms with Gasteiger partial charge in [-0.1, -0.05) is 25.1 Å². The largest absolute Gasteiger partial charge is 0.494 e. The van der Waals surface area contributed by atoms with Crippen LogP contribution in [0.3, 0.4) is 0 Å². The molecule has 0 spiro atoms. The average Bonchev–Trinajstić information content (AvgIpc) is 2.99. The summed E-state index contributed by atoms with van der Waals surface area (Å²) in [6, 6.07) is 8.33. The third kappa shape index (κ3) is 3.98. The van der Waals surface area contributed by atoms with Crippen molar-refractivity contribution in [3.8, 4) is 5.75 Å². The fourth-order valence-electron chi connectivity index (χ4n) is 2.23. The normalized spacial score (nSPS) is 11.6. The van der Waals surface area contributed by atoms with Crippen molar-refractivity contribution in [3.63, 3.8) is 0 Å². The van der Waals surface area contributed by atoms with Gasteiger partial charge >= 0.3 is 0 Å². The number of imidazole rings is 1. The Morgan fingerprint density at radius 2 is 2.30 bits per heavy atom. The molecule has 0 radical (unpaired) electrons. The number of ether oxygens (including phenoxy) is 1. The van der Waals surface area contributed by atoms with Crippen molar-refractivity contribution in [1.82, 2.24) is 9.97 Å². The summed E-state index contributed by atoms with van der Waals surface area (Å²) >= 11 is 0. The van der Waals surface area contributed by atoms with Gasteiger partial charge in [0.2, 0.25) is 0 Å². The van der Waals surface area contributed by atoms with Crippen LogP contribution < -0.4 is 4.74 Å². The number of nitrogens with one attached hydrogen (secondary N) is 1. The first kappa shape index (κ1) is 14.4. The van der Waals surface area contributed by atoms with Crippen molar-refractivity contribution in [2.75, 3.05) is 6.61 Å². The molecular formula is C17H22N2O. The van der Waals surface area contributed by atoms with Crippen LogP contribution in [-0.2, 0) is 6.42 Å². The van der Waals surface area contributed by atoms with Crippen molar-refractivity contribution >= 4 is 5.57 Å². The minimum Gasteiger partial charge on any atom is -0.494 e. The van der Waals surface area contributed by atoms with E-state index in [4.69, 9.17) is 4.74 Å². The van der Waals surface area contributed by atoms with Gasteiger partial charge in [0.1, 0.15) is 5.75 Å². The number of aromatic amines is 1. The van der Waals surface area contributed by atoms with E-state index in [2.05, 4.69) is 48.1 Å². The standard InChI is InChI=1S/C17H22N2O/c1-3-14(4-2)15-7-5-9-17(11-15)20-10-6-8-16-12-18-13-19-16/h3,5,7,9,11-13H,4,6,8,10H2,1-2H3,(H,18,19)/b14-3-. The lowest BCUT2D eigenvalue weighted by Crippen LogP contribution is -2.00. The molecular weight excluding hydrogens is 248 g/mol. The van der Waals surface area contributed by atoms with Crippen molar-refractivity contribution in [3.05, 3.63) is 54.1 Å². The molecule has 0 aliphatic heterocycles. The first-order valence-corrected chi connectivity index (χ1v) is 7.19. The van der Waals surface area contributed by atoms with Gasteiger partial charge in [0.05, 0.1) is 12.9 Å². The third-order valence-electron chi connectivity index (χ3n) is 3.35. The van der Waals surface area contributed by atoms with Crippen molar-refractivity contribution < 1.29 is 4.74 Å². The fraction of sp³-hybridized carbons (Fsp3) is 0.353. The zero-order chi connectivity index (χ0) is 14.2. The van der Waals surface area contributed by atoms with Crippen molar-refractivity contribution in [1.29, 1.82) is 0 Å². The van der Waals surface area contributed by atoms with E-state index in [0.717, 1.165) is 37.3 Å². The van der Waals surface area contributed by atoms with Gasteiger partial charge in [-0.3, -0.25) is 0 Å². The molecule has 2 aromatic rings. The van der Waals surface area contributed by atoms with Gasteiger partial charge in [-0.2, -0.15) is 0 Å². The molecule has 2 rings (SSSR count). The van der Waals surface area contributed by atoms with Gasteiger partial charge in [-0.15, -0.1) is 0 Å². The van der Waals surface area contributed by atoms with Gasteiger partial charge < -0.3 is 9.72 Å². The number of benzene rings is 1. The van der Waals surface area contributed by atoms with Gasteiger partial charge in [0, 0.05) is 11.9 Å². The minimum absolute atomic E-state index is 0.722. The van der Waals surface area contributed by atoms with E-state index in [1.54, 1.807) is 6.33 Å². The second-order valence-corrected chi connectivity index (χ2v) is 4.72. The highest BCUT2D eigenvalue weighted by atomic mass is 16.5. The van der Waals surface area contributed by atoms with E-state index in [0.29, 0.717) is 0 Å². The summed E-state index contributed by atoms with van der Waals surface area (Å²) in [5, 5.41) is 0. The SMILES string of the molecule is C/C=C(/CC)c1cccc(OCCCc2cnc[nH]2)c1. The molecule has 0 bridgehead atoms. The van der Waals surface area contributed by atoms with Gasteiger partial charge in [0.25, 0.3) is 0 Å². The molecule has 3 heteroatoms. The first-order chi connectivity index (χ1) is 9.83. The number of H-pyrrole nitrogens is 1. The van der Waals surface area contributed by atoms with Crippen molar-refractivity contribution in [2.24, 2.45) is 0 Å². The number of allylic oxidation sites excluding steroid dienone is 2. The van der Waals surface area contributed by atoms with E-state index >= 15 is 0 Å².